The number of fused-ring (bicyclic) bond motifs is 2. The van der Waals surface area contributed by atoms with Crippen LogP contribution in [0.2, 0.25) is 5.02 Å². The molecule has 3 heteroatoms. The van der Waals surface area contributed by atoms with Gasteiger partial charge in [0, 0.05) is 41.9 Å². The summed E-state index contributed by atoms with van der Waals surface area (Å²) in [4.78, 5) is 2.43. The molecular weight excluding hydrogens is 282 g/mol. The van der Waals surface area contributed by atoms with Crippen molar-refractivity contribution in [3.63, 3.8) is 0 Å². The number of halogens is 1. The number of hydrogen-bond acceptors (Lipinski definition) is 2. The largest absolute Gasteiger partial charge is 0.455 e. The molecule has 2 aromatic carbocycles. The third kappa shape index (κ3) is 2.09. The lowest BCUT2D eigenvalue weighted by Gasteiger charge is -2.28. The highest BCUT2D eigenvalue weighted by Crippen LogP contribution is 2.47. The van der Waals surface area contributed by atoms with Gasteiger partial charge in [-0.2, -0.15) is 0 Å². The number of benzene rings is 2. The molecule has 0 aliphatic carbocycles. The van der Waals surface area contributed by atoms with E-state index in [0.29, 0.717) is 10.9 Å². The zero-order valence-corrected chi connectivity index (χ0v) is 12.9. The van der Waals surface area contributed by atoms with Gasteiger partial charge in [0.05, 0.1) is 5.02 Å². The van der Waals surface area contributed by atoms with Gasteiger partial charge in [0.2, 0.25) is 0 Å². The van der Waals surface area contributed by atoms with Gasteiger partial charge in [-0.15, -0.1) is 0 Å². The minimum atomic E-state index is 0.315. The van der Waals surface area contributed by atoms with E-state index < -0.39 is 0 Å². The van der Waals surface area contributed by atoms with E-state index in [1.165, 1.54) is 29.7 Å². The quantitative estimate of drug-likeness (QED) is 0.718. The van der Waals surface area contributed by atoms with Gasteiger partial charge in [0.15, 0.2) is 0 Å². The Balaban J connectivity index is 1.77. The smallest absolute Gasteiger partial charge is 0.149 e. The number of para-hydroxylation sites is 1. The molecule has 0 N–H and O–H groups in total. The minimum Gasteiger partial charge on any atom is -0.455 e. The fourth-order valence-electron chi connectivity index (χ4n) is 3.39. The van der Waals surface area contributed by atoms with Crippen molar-refractivity contribution >= 4 is 17.3 Å². The molecule has 4 rings (SSSR count). The van der Waals surface area contributed by atoms with Crippen LogP contribution in [0.4, 0.5) is 5.69 Å². The third-order valence-electron chi connectivity index (χ3n) is 4.61. The van der Waals surface area contributed by atoms with Crippen LogP contribution in [0.5, 0.6) is 11.5 Å². The van der Waals surface area contributed by atoms with Crippen molar-refractivity contribution in [2.24, 2.45) is 0 Å². The number of anilines is 1. The topological polar surface area (TPSA) is 12.5 Å². The Labute approximate surface area is 130 Å². The Kier molecular flexibility index (Phi) is 3.07. The van der Waals surface area contributed by atoms with Gasteiger partial charge in [-0.3, -0.25) is 0 Å². The van der Waals surface area contributed by atoms with Crippen LogP contribution in [0.25, 0.3) is 0 Å². The lowest BCUT2D eigenvalue weighted by atomic mass is 9.89. The summed E-state index contributed by atoms with van der Waals surface area (Å²) in [5, 5.41) is 0.691. The molecule has 0 saturated carbocycles. The Morgan fingerprint density at radius 2 is 1.90 bits per heavy atom. The molecule has 0 aromatic heterocycles. The second-order valence-electron chi connectivity index (χ2n) is 5.90. The number of ether oxygens (including phenoxy) is 1. The van der Waals surface area contributed by atoms with Gasteiger partial charge in [-0.1, -0.05) is 36.7 Å². The Morgan fingerprint density at radius 1 is 1.10 bits per heavy atom. The first-order valence-electron chi connectivity index (χ1n) is 7.59. The van der Waals surface area contributed by atoms with Gasteiger partial charge < -0.3 is 9.64 Å². The first-order chi connectivity index (χ1) is 10.2. The standard InChI is InChI=1S/C18H18ClNO/c1-12-14-8-7-13(20-9-2-3-10-20)11-17(14)21-18-15(12)5-4-6-16(18)19/h4-8,11-12H,2-3,9-10H2,1H3/t12-/m0/s1. The van der Waals surface area contributed by atoms with Crippen LogP contribution in [-0.4, -0.2) is 13.1 Å². The maximum atomic E-state index is 6.31. The monoisotopic (exact) mass is 299 g/mol. The summed E-state index contributed by atoms with van der Waals surface area (Å²) in [6.45, 7) is 4.50. The Bertz CT molecular complexity index is 692. The zero-order chi connectivity index (χ0) is 14.4. The van der Waals surface area contributed by atoms with Crippen LogP contribution in [0.15, 0.2) is 36.4 Å². The van der Waals surface area contributed by atoms with Gasteiger partial charge in [0.1, 0.15) is 11.5 Å². The van der Waals surface area contributed by atoms with E-state index in [1.807, 2.05) is 12.1 Å². The predicted molar refractivity (Wildman–Crippen MR) is 86.9 cm³/mol. The normalized spacial score (nSPS) is 19.9. The number of hydrogen-bond donors (Lipinski definition) is 0. The maximum Gasteiger partial charge on any atom is 0.149 e. The van der Waals surface area contributed by atoms with Crippen LogP contribution in [0.3, 0.4) is 0 Å². The molecule has 2 heterocycles. The second-order valence-corrected chi connectivity index (χ2v) is 6.31. The van der Waals surface area contributed by atoms with Crippen LogP contribution in [0, 0.1) is 0 Å². The molecule has 0 amide bonds. The molecule has 0 bridgehead atoms. The lowest BCUT2D eigenvalue weighted by molar-refractivity contribution is 0.450. The summed E-state index contributed by atoms with van der Waals surface area (Å²) in [6.07, 6.45) is 2.56. The van der Waals surface area contributed by atoms with E-state index in [9.17, 15) is 0 Å². The first-order valence-corrected chi connectivity index (χ1v) is 7.97. The van der Waals surface area contributed by atoms with E-state index in [1.54, 1.807) is 0 Å². The summed E-state index contributed by atoms with van der Waals surface area (Å²) in [7, 11) is 0. The fraction of sp³-hybridized carbons (Fsp3) is 0.333. The van der Waals surface area contributed by atoms with E-state index in [-0.39, 0.29) is 0 Å². The van der Waals surface area contributed by atoms with Gasteiger partial charge in [-0.25, -0.2) is 0 Å². The summed E-state index contributed by atoms with van der Waals surface area (Å²) in [6, 6.07) is 12.6. The third-order valence-corrected chi connectivity index (χ3v) is 4.91. The second kappa shape index (κ2) is 4.96. The summed E-state index contributed by atoms with van der Waals surface area (Å²) in [5.41, 5.74) is 3.67. The molecule has 1 atom stereocenters. The highest BCUT2D eigenvalue weighted by molar-refractivity contribution is 6.32. The van der Waals surface area contributed by atoms with Gasteiger partial charge >= 0.3 is 0 Å². The summed E-state index contributed by atoms with van der Waals surface area (Å²) < 4.78 is 6.12. The summed E-state index contributed by atoms with van der Waals surface area (Å²) >= 11 is 6.31. The van der Waals surface area contributed by atoms with Crippen LogP contribution < -0.4 is 9.64 Å². The average molecular weight is 300 g/mol. The summed E-state index contributed by atoms with van der Waals surface area (Å²) in [5.74, 6) is 2.08. The molecule has 108 valence electrons. The number of nitrogens with zero attached hydrogens (tertiary/aromatic N) is 1. The van der Waals surface area contributed by atoms with Crippen LogP contribution in [-0.2, 0) is 0 Å². The molecule has 2 aliphatic heterocycles. The highest BCUT2D eigenvalue weighted by atomic mass is 35.5. The maximum absolute atomic E-state index is 6.31. The Hall–Kier alpha value is -1.67. The van der Waals surface area contributed by atoms with Crippen LogP contribution in [0.1, 0.15) is 36.8 Å². The van der Waals surface area contributed by atoms with Gasteiger partial charge in [-0.05, 0) is 25.0 Å². The van der Waals surface area contributed by atoms with Crippen molar-refractivity contribution in [3.8, 4) is 11.5 Å². The minimum absolute atomic E-state index is 0.315. The van der Waals surface area contributed by atoms with Crippen molar-refractivity contribution < 1.29 is 4.74 Å². The molecule has 0 spiro atoms. The SMILES string of the molecule is C[C@H]1c2ccc(N3CCCC3)cc2Oc2c(Cl)cccc21. The molecule has 2 nitrogen and oxygen atoms in total. The highest BCUT2D eigenvalue weighted by Gasteiger charge is 2.26. The molecule has 2 aliphatic rings. The van der Waals surface area contributed by atoms with Crippen molar-refractivity contribution in [1.29, 1.82) is 0 Å². The first kappa shape index (κ1) is 13.0. The molecule has 1 fully saturated rings. The van der Waals surface area contributed by atoms with Crippen molar-refractivity contribution in [1.82, 2.24) is 0 Å². The van der Waals surface area contributed by atoms with Crippen molar-refractivity contribution in [3.05, 3.63) is 52.5 Å². The number of rotatable bonds is 1. The Morgan fingerprint density at radius 3 is 2.71 bits per heavy atom. The molecule has 0 unspecified atom stereocenters. The predicted octanol–water partition coefficient (Wildman–Crippen LogP) is 5.20. The molecule has 1 saturated heterocycles. The fourth-order valence-corrected chi connectivity index (χ4v) is 3.61. The van der Waals surface area contributed by atoms with Gasteiger partial charge in [0.25, 0.3) is 0 Å². The van der Waals surface area contributed by atoms with E-state index in [2.05, 4.69) is 36.1 Å². The molecule has 21 heavy (non-hydrogen) atoms. The van der Waals surface area contributed by atoms with Crippen LogP contribution >= 0.6 is 11.6 Å². The molecule has 0 radical (unpaired) electrons. The average Bonchev–Trinajstić information content (AvgIpc) is 3.02. The molecular formula is C18H18ClNO. The molecule has 2 aromatic rings. The lowest BCUT2D eigenvalue weighted by Crippen LogP contribution is -2.18. The van der Waals surface area contributed by atoms with E-state index >= 15 is 0 Å². The van der Waals surface area contributed by atoms with E-state index in [4.69, 9.17) is 16.3 Å². The zero-order valence-electron chi connectivity index (χ0n) is 12.1. The van der Waals surface area contributed by atoms with E-state index in [0.717, 1.165) is 24.6 Å². The van der Waals surface area contributed by atoms with Crippen molar-refractivity contribution in [2.45, 2.75) is 25.7 Å². The van der Waals surface area contributed by atoms with Crippen molar-refractivity contribution in [2.75, 3.05) is 18.0 Å².